The van der Waals surface area contributed by atoms with E-state index in [1.165, 1.54) is 0 Å². The first-order valence-corrected chi connectivity index (χ1v) is 4.84. The molecule has 84 valence electrons. The number of methoxy groups -OCH3 is 1. The van der Waals surface area contributed by atoms with Crippen molar-refractivity contribution in [1.29, 1.82) is 0 Å². The normalized spacial score (nSPS) is 10.3. The zero-order valence-corrected chi connectivity index (χ0v) is 8.89. The van der Waals surface area contributed by atoms with Crippen molar-refractivity contribution in [3.63, 3.8) is 0 Å². The molecular weight excluding hydrogens is 194 g/mol. The number of nitrogens with two attached hydrogens (primary N) is 1. The predicted molar refractivity (Wildman–Crippen MR) is 59.8 cm³/mol. The van der Waals surface area contributed by atoms with Crippen molar-refractivity contribution in [3.05, 3.63) is 18.3 Å². The first kappa shape index (κ1) is 11.7. The van der Waals surface area contributed by atoms with E-state index in [9.17, 15) is 0 Å². The highest BCUT2D eigenvalue weighted by Gasteiger charge is 2.05. The van der Waals surface area contributed by atoms with Crippen molar-refractivity contribution in [2.75, 3.05) is 44.0 Å². The third-order valence-corrected chi connectivity index (χ3v) is 2.07. The SMILES string of the molecule is COCCN(CCO)c1ccc(N)nc1. The molecule has 5 nitrogen and oxygen atoms in total. The van der Waals surface area contributed by atoms with Crippen molar-refractivity contribution < 1.29 is 9.84 Å². The number of anilines is 2. The second-order valence-electron chi connectivity index (χ2n) is 3.14. The first-order chi connectivity index (χ1) is 7.27. The van der Waals surface area contributed by atoms with Crippen molar-refractivity contribution in [2.45, 2.75) is 0 Å². The summed E-state index contributed by atoms with van der Waals surface area (Å²) in [7, 11) is 1.65. The number of aliphatic hydroxyl groups excluding tert-OH is 1. The van der Waals surface area contributed by atoms with E-state index in [1.807, 2.05) is 11.0 Å². The molecule has 0 atom stereocenters. The van der Waals surface area contributed by atoms with Crippen LogP contribution in [0, 0.1) is 0 Å². The molecule has 0 aromatic carbocycles. The van der Waals surface area contributed by atoms with Crippen molar-refractivity contribution in [1.82, 2.24) is 4.98 Å². The Bertz CT molecular complexity index is 277. The van der Waals surface area contributed by atoms with Crippen LogP contribution < -0.4 is 10.6 Å². The van der Waals surface area contributed by atoms with E-state index < -0.39 is 0 Å². The molecule has 1 heterocycles. The minimum absolute atomic E-state index is 0.105. The predicted octanol–water partition coefficient (Wildman–Crippen LogP) is 0.109. The third kappa shape index (κ3) is 3.73. The summed E-state index contributed by atoms with van der Waals surface area (Å²) >= 11 is 0. The quantitative estimate of drug-likeness (QED) is 0.698. The average molecular weight is 211 g/mol. The fourth-order valence-corrected chi connectivity index (χ4v) is 1.28. The fourth-order valence-electron chi connectivity index (χ4n) is 1.28. The molecule has 0 unspecified atom stereocenters. The molecule has 15 heavy (non-hydrogen) atoms. The highest BCUT2D eigenvalue weighted by Crippen LogP contribution is 2.12. The number of nitrogen functional groups attached to an aromatic ring is 1. The molecule has 0 spiro atoms. The van der Waals surface area contributed by atoms with E-state index in [-0.39, 0.29) is 6.61 Å². The van der Waals surface area contributed by atoms with Crippen LogP contribution in [0.15, 0.2) is 18.3 Å². The Morgan fingerprint density at radius 2 is 2.27 bits per heavy atom. The molecule has 3 N–H and O–H groups in total. The van der Waals surface area contributed by atoms with Gasteiger partial charge in [-0.1, -0.05) is 0 Å². The monoisotopic (exact) mass is 211 g/mol. The van der Waals surface area contributed by atoms with Crippen LogP contribution in [0.25, 0.3) is 0 Å². The highest BCUT2D eigenvalue weighted by molar-refractivity contribution is 5.47. The number of aromatic nitrogens is 1. The van der Waals surface area contributed by atoms with Gasteiger partial charge in [-0.25, -0.2) is 4.98 Å². The molecule has 0 saturated carbocycles. The van der Waals surface area contributed by atoms with Crippen LogP contribution >= 0.6 is 0 Å². The van der Waals surface area contributed by atoms with E-state index in [4.69, 9.17) is 15.6 Å². The molecule has 1 aromatic heterocycles. The third-order valence-electron chi connectivity index (χ3n) is 2.07. The van der Waals surface area contributed by atoms with Gasteiger partial charge in [-0.15, -0.1) is 0 Å². The topological polar surface area (TPSA) is 71.6 Å². The molecule has 0 radical (unpaired) electrons. The molecule has 0 bridgehead atoms. The second-order valence-corrected chi connectivity index (χ2v) is 3.14. The smallest absolute Gasteiger partial charge is 0.123 e. The number of ether oxygens (including phenoxy) is 1. The van der Waals surface area contributed by atoms with Crippen LogP contribution in [0.2, 0.25) is 0 Å². The van der Waals surface area contributed by atoms with E-state index in [2.05, 4.69) is 4.98 Å². The Balaban J connectivity index is 2.65. The van der Waals surface area contributed by atoms with Gasteiger partial charge in [0.2, 0.25) is 0 Å². The number of hydrogen-bond acceptors (Lipinski definition) is 5. The summed E-state index contributed by atoms with van der Waals surface area (Å²) < 4.78 is 5.00. The van der Waals surface area contributed by atoms with E-state index in [1.54, 1.807) is 19.4 Å². The highest BCUT2D eigenvalue weighted by atomic mass is 16.5. The molecular formula is C10H17N3O2. The van der Waals surface area contributed by atoms with Crippen LogP contribution in [-0.2, 0) is 4.74 Å². The Kier molecular flexibility index (Phi) is 4.86. The van der Waals surface area contributed by atoms with Gasteiger partial charge in [-0.2, -0.15) is 0 Å². The number of aliphatic hydroxyl groups is 1. The van der Waals surface area contributed by atoms with Crippen molar-refractivity contribution in [2.24, 2.45) is 0 Å². The Hall–Kier alpha value is -1.33. The summed E-state index contributed by atoms with van der Waals surface area (Å²) in [6.45, 7) is 2.01. The largest absolute Gasteiger partial charge is 0.395 e. The Morgan fingerprint density at radius 3 is 2.80 bits per heavy atom. The van der Waals surface area contributed by atoms with Crippen LogP contribution in [-0.4, -0.2) is 43.5 Å². The van der Waals surface area contributed by atoms with E-state index in [0.29, 0.717) is 19.0 Å². The average Bonchev–Trinajstić information content (AvgIpc) is 2.25. The maximum atomic E-state index is 8.92. The van der Waals surface area contributed by atoms with Gasteiger partial charge in [0.1, 0.15) is 5.82 Å². The molecule has 0 aliphatic heterocycles. The van der Waals surface area contributed by atoms with E-state index >= 15 is 0 Å². The molecule has 0 aliphatic carbocycles. The molecule has 5 heteroatoms. The van der Waals surface area contributed by atoms with E-state index in [0.717, 1.165) is 12.2 Å². The van der Waals surface area contributed by atoms with Gasteiger partial charge in [0.25, 0.3) is 0 Å². The summed E-state index contributed by atoms with van der Waals surface area (Å²) in [4.78, 5) is 6.00. The molecule has 0 amide bonds. The molecule has 0 aliphatic rings. The summed E-state index contributed by atoms with van der Waals surface area (Å²) in [6.07, 6.45) is 1.70. The Morgan fingerprint density at radius 1 is 1.47 bits per heavy atom. The van der Waals surface area contributed by atoms with Gasteiger partial charge in [0.15, 0.2) is 0 Å². The molecule has 1 aromatic rings. The first-order valence-electron chi connectivity index (χ1n) is 4.84. The van der Waals surface area contributed by atoms with Gasteiger partial charge in [0, 0.05) is 20.2 Å². The lowest BCUT2D eigenvalue weighted by atomic mass is 10.3. The summed E-state index contributed by atoms with van der Waals surface area (Å²) in [5.41, 5.74) is 6.44. The lowest BCUT2D eigenvalue weighted by molar-refractivity contribution is 0.203. The number of nitrogens with zero attached hydrogens (tertiary/aromatic N) is 2. The lowest BCUT2D eigenvalue weighted by Gasteiger charge is -2.23. The van der Waals surface area contributed by atoms with Crippen LogP contribution in [0.4, 0.5) is 11.5 Å². The molecule has 0 saturated heterocycles. The number of hydrogen-bond donors (Lipinski definition) is 2. The zero-order chi connectivity index (χ0) is 11.1. The van der Waals surface area contributed by atoms with Gasteiger partial charge in [-0.3, -0.25) is 0 Å². The maximum Gasteiger partial charge on any atom is 0.123 e. The summed E-state index contributed by atoms with van der Waals surface area (Å²) in [5.74, 6) is 0.495. The standard InChI is InChI=1S/C10H17N3O2/c1-15-7-5-13(4-6-14)9-2-3-10(11)12-8-9/h2-3,8,14H,4-7H2,1H3,(H2,11,12). The maximum absolute atomic E-state index is 8.92. The van der Waals surface area contributed by atoms with Gasteiger partial charge in [-0.05, 0) is 12.1 Å². The minimum atomic E-state index is 0.105. The molecule has 1 rings (SSSR count). The van der Waals surface area contributed by atoms with Crippen LogP contribution in [0.5, 0.6) is 0 Å². The Labute approximate surface area is 89.5 Å². The zero-order valence-electron chi connectivity index (χ0n) is 8.89. The van der Waals surface area contributed by atoms with Gasteiger partial charge < -0.3 is 20.5 Å². The number of rotatable bonds is 6. The van der Waals surface area contributed by atoms with Gasteiger partial charge in [0.05, 0.1) is 25.1 Å². The summed E-state index contributed by atoms with van der Waals surface area (Å²) in [6, 6.07) is 3.63. The fraction of sp³-hybridized carbons (Fsp3) is 0.500. The summed E-state index contributed by atoms with van der Waals surface area (Å²) in [5, 5.41) is 8.92. The van der Waals surface area contributed by atoms with Gasteiger partial charge >= 0.3 is 0 Å². The minimum Gasteiger partial charge on any atom is -0.395 e. The van der Waals surface area contributed by atoms with Crippen LogP contribution in [0.1, 0.15) is 0 Å². The lowest BCUT2D eigenvalue weighted by Crippen LogP contribution is -2.30. The molecule has 0 fully saturated rings. The van der Waals surface area contributed by atoms with Crippen LogP contribution in [0.3, 0.4) is 0 Å². The van der Waals surface area contributed by atoms with Crippen molar-refractivity contribution >= 4 is 11.5 Å². The number of pyridine rings is 1. The second kappa shape index (κ2) is 6.21. The van der Waals surface area contributed by atoms with Crippen molar-refractivity contribution in [3.8, 4) is 0 Å².